The van der Waals surface area contributed by atoms with Gasteiger partial charge in [-0.3, -0.25) is 9.36 Å². The fraction of sp³-hybridized carbons (Fsp3) is 0.368. The van der Waals surface area contributed by atoms with Crippen LogP contribution in [0.1, 0.15) is 17.9 Å². The van der Waals surface area contributed by atoms with E-state index in [9.17, 15) is 9.59 Å². The molecule has 0 fully saturated rings. The number of hydrogen-bond acceptors (Lipinski definition) is 5. The van der Waals surface area contributed by atoms with E-state index in [0.717, 1.165) is 22.1 Å². The first-order chi connectivity index (χ1) is 13.0. The number of carbonyl (C=O) groups excluding carboxylic acids is 1. The van der Waals surface area contributed by atoms with Crippen LogP contribution in [0.5, 0.6) is 0 Å². The molecule has 0 bridgehead atoms. The minimum absolute atomic E-state index is 0.0469. The molecule has 1 unspecified atom stereocenters. The molecule has 0 spiro atoms. The lowest BCUT2D eigenvalue weighted by molar-refractivity contribution is -0.135. The zero-order valence-electron chi connectivity index (χ0n) is 15.3. The summed E-state index contributed by atoms with van der Waals surface area (Å²) in [5.74, 6) is 0.614. The van der Waals surface area contributed by atoms with Gasteiger partial charge in [0.1, 0.15) is 10.8 Å². The fourth-order valence-electron chi connectivity index (χ4n) is 3.47. The second-order valence-electron chi connectivity index (χ2n) is 6.87. The van der Waals surface area contributed by atoms with Crippen molar-refractivity contribution in [1.29, 1.82) is 0 Å². The van der Waals surface area contributed by atoms with Crippen molar-refractivity contribution in [3.05, 3.63) is 57.7 Å². The van der Waals surface area contributed by atoms with Gasteiger partial charge in [0.25, 0.3) is 0 Å². The van der Waals surface area contributed by atoms with Crippen LogP contribution in [0.2, 0.25) is 0 Å². The van der Waals surface area contributed by atoms with Crippen molar-refractivity contribution >= 4 is 17.2 Å². The van der Waals surface area contributed by atoms with Gasteiger partial charge in [-0.2, -0.15) is 5.10 Å². The quantitative estimate of drug-likeness (QED) is 0.690. The molecule has 3 aromatic rings. The maximum absolute atomic E-state index is 12.9. The zero-order valence-corrected chi connectivity index (χ0v) is 16.1. The van der Waals surface area contributed by atoms with Crippen LogP contribution < -0.4 is 5.69 Å². The highest BCUT2D eigenvalue weighted by molar-refractivity contribution is 7.13. The molecule has 0 radical (unpaired) electrons. The van der Waals surface area contributed by atoms with Gasteiger partial charge in [-0.15, -0.1) is 11.3 Å². The highest BCUT2D eigenvalue weighted by atomic mass is 32.1. The first kappa shape index (κ1) is 17.7. The van der Waals surface area contributed by atoms with Gasteiger partial charge in [0.2, 0.25) is 5.91 Å². The number of thiazole rings is 1. The monoisotopic (exact) mass is 383 g/mol. The summed E-state index contributed by atoms with van der Waals surface area (Å²) in [4.78, 5) is 31.3. The molecule has 140 valence electrons. The first-order valence-electron chi connectivity index (χ1n) is 8.90. The number of carbonyl (C=O) groups is 1. The molecular formula is C19H21N5O2S. The molecule has 7 nitrogen and oxygen atoms in total. The van der Waals surface area contributed by atoms with E-state index in [0.29, 0.717) is 25.9 Å². The van der Waals surface area contributed by atoms with Crippen LogP contribution in [0.3, 0.4) is 0 Å². The van der Waals surface area contributed by atoms with E-state index in [2.05, 4.69) is 10.1 Å². The van der Waals surface area contributed by atoms with Gasteiger partial charge >= 0.3 is 5.69 Å². The molecule has 4 rings (SSSR count). The Balaban J connectivity index is 1.44. The summed E-state index contributed by atoms with van der Waals surface area (Å²) in [5, 5.41) is 7.17. The van der Waals surface area contributed by atoms with Crippen molar-refractivity contribution in [2.45, 2.75) is 25.9 Å². The van der Waals surface area contributed by atoms with Crippen LogP contribution >= 0.6 is 11.3 Å². The van der Waals surface area contributed by atoms with Crippen LogP contribution in [0, 0.1) is 5.92 Å². The Morgan fingerprint density at radius 2 is 2.11 bits per heavy atom. The number of aryl methyl sites for hydroxylation is 2. The van der Waals surface area contributed by atoms with Crippen LogP contribution in [0.15, 0.2) is 40.5 Å². The summed E-state index contributed by atoms with van der Waals surface area (Å²) in [5.41, 5.74) is 1.81. The molecular weight excluding hydrogens is 362 g/mol. The molecule has 2 aromatic heterocycles. The van der Waals surface area contributed by atoms with Crippen molar-refractivity contribution in [3.63, 3.8) is 0 Å². The zero-order chi connectivity index (χ0) is 19.0. The number of aromatic nitrogens is 4. The van der Waals surface area contributed by atoms with Crippen LogP contribution in [0.4, 0.5) is 0 Å². The molecule has 0 saturated carbocycles. The van der Waals surface area contributed by atoms with Crippen molar-refractivity contribution in [2.24, 2.45) is 13.0 Å². The lowest BCUT2D eigenvalue weighted by atomic mass is 9.98. The van der Waals surface area contributed by atoms with Crippen LogP contribution in [-0.2, 0) is 31.4 Å². The number of fused-ring (bicyclic) bond motifs is 1. The summed E-state index contributed by atoms with van der Waals surface area (Å²) in [6.07, 6.45) is 1.36. The second kappa shape index (κ2) is 7.11. The van der Waals surface area contributed by atoms with Gasteiger partial charge in [-0.25, -0.2) is 14.5 Å². The minimum Gasteiger partial charge on any atom is -0.340 e. The smallest absolute Gasteiger partial charge is 0.340 e. The van der Waals surface area contributed by atoms with Crippen molar-refractivity contribution in [1.82, 2.24) is 24.2 Å². The van der Waals surface area contributed by atoms with E-state index in [4.69, 9.17) is 0 Å². The normalized spacial score (nSPS) is 16.1. The molecule has 0 aliphatic carbocycles. The Bertz CT molecular complexity index is 1020. The van der Waals surface area contributed by atoms with Gasteiger partial charge in [0.15, 0.2) is 0 Å². The van der Waals surface area contributed by atoms with Gasteiger partial charge in [-0.05, 0) is 6.42 Å². The third-order valence-corrected chi connectivity index (χ3v) is 5.84. The van der Waals surface area contributed by atoms with E-state index in [1.165, 1.54) is 4.68 Å². The summed E-state index contributed by atoms with van der Waals surface area (Å²) < 4.78 is 2.96. The van der Waals surface area contributed by atoms with Crippen LogP contribution in [-0.4, -0.2) is 37.2 Å². The molecule has 27 heavy (non-hydrogen) atoms. The summed E-state index contributed by atoms with van der Waals surface area (Å²) in [6.45, 7) is 0.866. The molecule has 1 aliphatic rings. The Hall–Kier alpha value is -2.74. The van der Waals surface area contributed by atoms with E-state index in [1.807, 2.05) is 35.7 Å². The van der Waals surface area contributed by atoms with Gasteiger partial charge in [0.05, 0.1) is 18.2 Å². The lowest BCUT2D eigenvalue weighted by Crippen LogP contribution is -2.39. The molecule has 0 saturated heterocycles. The standard InChI is InChI=1S/C19H21N5O2S/c1-22(11-15-12-27-17(20-15)13-6-4-3-5-7-13)18(25)14-8-9-16-21-23(2)19(26)24(16)10-14/h3-7,12,14H,8-11H2,1-2H3. The summed E-state index contributed by atoms with van der Waals surface area (Å²) in [7, 11) is 3.44. The molecule has 1 amide bonds. The number of benzene rings is 1. The predicted octanol–water partition coefficient (Wildman–Crippen LogP) is 1.93. The Kier molecular flexibility index (Phi) is 4.65. The second-order valence-corrected chi connectivity index (χ2v) is 7.73. The summed E-state index contributed by atoms with van der Waals surface area (Å²) >= 11 is 1.58. The van der Waals surface area contributed by atoms with Gasteiger partial charge in [0, 0.05) is 38.0 Å². The maximum Gasteiger partial charge on any atom is 0.345 e. The number of hydrogen-bond donors (Lipinski definition) is 0. The molecule has 3 heterocycles. The molecule has 8 heteroatoms. The molecule has 1 aliphatic heterocycles. The predicted molar refractivity (Wildman–Crippen MR) is 103 cm³/mol. The van der Waals surface area contributed by atoms with E-state index in [-0.39, 0.29) is 17.5 Å². The lowest BCUT2D eigenvalue weighted by Gasteiger charge is -2.26. The average Bonchev–Trinajstić information content (AvgIpc) is 3.26. The highest BCUT2D eigenvalue weighted by Gasteiger charge is 2.29. The SMILES string of the molecule is CN(Cc1csc(-c2ccccc2)n1)C(=O)C1CCc2nn(C)c(=O)n2C1. The Labute approximate surface area is 160 Å². The first-order valence-corrected chi connectivity index (χ1v) is 9.78. The maximum atomic E-state index is 12.9. The van der Waals surface area contributed by atoms with E-state index < -0.39 is 0 Å². The highest BCUT2D eigenvalue weighted by Crippen LogP contribution is 2.25. The Morgan fingerprint density at radius 1 is 1.33 bits per heavy atom. The van der Waals surface area contributed by atoms with E-state index in [1.54, 1.807) is 34.9 Å². The van der Waals surface area contributed by atoms with Crippen molar-refractivity contribution < 1.29 is 4.79 Å². The van der Waals surface area contributed by atoms with E-state index >= 15 is 0 Å². The van der Waals surface area contributed by atoms with Crippen LogP contribution in [0.25, 0.3) is 10.6 Å². The third kappa shape index (κ3) is 3.44. The minimum atomic E-state index is -0.198. The molecule has 0 N–H and O–H groups in total. The Morgan fingerprint density at radius 3 is 2.89 bits per heavy atom. The number of amides is 1. The third-order valence-electron chi connectivity index (χ3n) is 4.90. The summed E-state index contributed by atoms with van der Waals surface area (Å²) in [6, 6.07) is 10.0. The topological polar surface area (TPSA) is 73.0 Å². The van der Waals surface area contributed by atoms with Gasteiger partial charge in [-0.1, -0.05) is 30.3 Å². The fourth-order valence-corrected chi connectivity index (χ4v) is 4.28. The van der Waals surface area contributed by atoms with Crippen molar-refractivity contribution in [2.75, 3.05) is 7.05 Å². The number of nitrogens with zero attached hydrogens (tertiary/aromatic N) is 5. The largest absolute Gasteiger partial charge is 0.345 e. The van der Waals surface area contributed by atoms with Crippen molar-refractivity contribution in [3.8, 4) is 10.6 Å². The van der Waals surface area contributed by atoms with Gasteiger partial charge < -0.3 is 4.90 Å². The molecule has 1 aromatic carbocycles. The average molecular weight is 383 g/mol. The molecule has 1 atom stereocenters. The number of rotatable bonds is 4.